The Labute approximate surface area is 140 Å². The number of hydrogen-bond donors (Lipinski definition) is 2. The summed E-state index contributed by atoms with van der Waals surface area (Å²) < 4.78 is 0. The van der Waals surface area contributed by atoms with Gasteiger partial charge >= 0.3 is 0 Å². The molecule has 1 aromatic heterocycles. The second-order valence-electron chi connectivity index (χ2n) is 5.74. The van der Waals surface area contributed by atoms with Gasteiger partial charge in [0.1, 0.15) is 0 Å². The molecule has 1 fully saturated rings. The zero-order chi connectivity index (χ0) is 16.1. The third kappa shape index (κ3) is 4.42. The van der Waals surface area contributed by atoms with Crippen molar-refractivity contribution in [3.05, 3.63) is 47.1 Å². The first kappa shape index (κ1) is 15.7. The highest BCUT2D eigenvalue weighted by Crippen LogP contribution is 2.19. The zero-order valence-electron chi connectivity index (χ0n) is 12.8. The first-order chi connectivity index (χ1) is 11.2. The van der Waals surface area contributed by atoms with Crippen molar-refractivity contribution in [2.45, 2.75) is 38.1 Å². The van der Waals surface area contributed by atoms with E-state index in [9.17, 15) is 4.79 Å². The first-order valence-electron chi connectivity index (χ1n) is 7.88. The van der Waals surface area contributed by atoms with Gasteiger partial charge in [0.25, 0.3) is 5.91 Å². The van der Waals surface area contributed by atoms with Crippen molar-refractivity contribution in [1.82, 2.24) is 15.5 Å². The number of benzene rings is 1. The minimum Gasteiger partial charge on any atom is -0.348 e. The van der Waals surface area contributed by atoms with Crippen molar-refractivity contribution >= 4 is 29.0 Å². The summed E-state index contributed by atoms with van der Waals surface area (Å²) in [7, 11) is 0. The molecule has 1 heterocycles. The Balaban J connectivity index is 1.59. The van der Waals surface area contributed by atoms with Crippen LogP contribution in [0, 0.1) is 0 Å². The van der Waals surface area contributed by atoms with E-state index in [1.54, 1.807) is 24.3 Å². The maximum absolute atomic E-state index is 12.2. The van der Waals surface area contributed by atoms with E-state index in [0.717, 1.165) is 18.5 Å². The van der Waals surface area contributed by atoms with E-state index in [1.165, 1.54) is 19.3 Å². The Morgan fingerprint density at radius 3 is 2.39 bits per heavy atom. The third-order valence-corrected chi connectivity index (χ3v) is 4.21. The number of aromatic nitrogens is 2. The highest BCUT2D eigenvalue weighted by molar-refractivity contribution is 6.30. The molecule has 1 aliphatic rings. The number of amides is 1. The molecule has 23 heavy (non-hydrogen) atoms. The SMILES string of the molecule is O=C(NC1CCCCC1)c1ccc(Nc2ccc(Cl)cc2)nn1. The monoisotopic (exact) mass is 330 g/mol. The Kier molecular flexibility index (Phi) is 5.08. The van der Waals surface area contributed by atoms with E-state index in [-0.39, 0.29) is 11.9 Å². The highest BCUT2D eigenvalue weighted by Gasteiger charge is 2.17. The third-order valence-electron chi connectivity index (χ3n) is 3.95. The lowest BCUT2D eigenvalue weighted by Gasteiger charge is -2.22. The van der Waals surface area contributed by atoms with Crippen molar-refractivity contribution in [3.63, 3.8) is 0 Å². The second kappa shape index (κ2) is 7.42. The predicted molar refractivity (Wildman–Crippen MR) is 91.1 cm³/mol. The molecule has 0 aliphatic heterocycles. The van der Waals surface area contributed by atoms with Gasteiger partial charge in [-0.25, -0.2) is 0 Å². The lowest BCUT2D eigenvalue weighted by atomic mass is 9.95. The van der Waals surface area contributed by atoms with Crippen molar-refractivity contribution in [3.8, 4) is 0 Å². The van der Waals surface area contributed by atoms with Crippen LogP contribution in [0.25, 0.3) is 0 Å². The Bertz CT molecular complexity index is 651. The van der Waals surface area contributed by atoms with E-state index in [0.29, 0.717) is 16.5 Å². The topological polar surface area (TPSA) is 66.9 Å². The molecule has 3 rings (SSSR count). The standard InChI is InChI=1S/C17H19ClN4O/c18-12-6-8-14(9-7-12)19-16-11-10-15(21-22-16)17(23)20-13-4-2-1-3-5-13/h6-11,13H,1-5H2,(H,19,22)(H,20,23). The quantitative estimate of drug-likeness (QED) is 0.891. The van der Waals surface area contributed by atoms with Crippen LogP contribution in [0.15, 0.2) is 36.4 Å². The zero-order valence-corrected chi connectivity index (χ0v) is 13.5. The molecule has 0 spiro atoms. The number of nitrogens with one attached hydrogen (secondary N) is 2. The molecule has 2 N–H and O–H groups in total. The van der Waals surface area contributed by atoms with Crippen LogP contribution in [-0.4, -0.2) is 22.1 Å². The molecule has 0 saturated heterocycles. The van der Waals surface area contributed by atoms with Gasteiger partial charge in [-0.2, -0.15) is 0 Å². The van der Waals surface area contributed by atoms with Gasteiger partial charge in [0.05, 0.1) is 0 Å². The van der Waals surface area contributed by atoms with Crippen LogP contribution in [0.1, 0.15) is 42.6 Å². The largest absolute Gasteiger partial charge is 0.348 e. The molecule has 2 aromatic rings. The number of rotatable bonds is 4. The van der Waals surface area contributed by atoms with Crippen LogP contribution >= 0.6 is 11.6 Å². The summed E-state index contributed by atoms with van der Waals surface area (Å²) in [6.07, 6.45) is 5.73. The molecule has 0 atom stereocenters. The van der Waals surface area contributed by atoms with Crippen molar-refractivity contribution in [1.29, 1.82) is 0 Å². The van der Waals surface area contributed by atoms with Gasteiger partial charge in [-0.15, -0.1) is 10.2 Å². The summed E-state index contributed by atoms with van der Waals surface area (Å²) in [6.45, 7) is 0. The van der Waals surface area contributed by atoms with E-state index in [2.05, 4.69) is 20.8 Å². The van der Waals surface area contributed by atoms with E-state index < -0.39 is 0 Å². The number of hydrogen-bond acceptors (Lipinski definition) is 4. The lowest BCUT2D eigenvalue weighted by Crippen LogP contribution is -2.36. The Morgan fingerprint density at radius 1 is 1.00 bits per heavy atom. The molecule has 0 unspecified atom stereocenters. The number of carbonyl (C=O) groups is 1. The average molecular weight is 331 g/mol. The summed E-state index contributed by atoms with van der Waals surface area (Å²) in [4.78, 5) is 12.2. The summed E-state index contributed by atoms with van der Waals surface area (Å²) in [5, 5.41) is 14.9. The maximum atomic E-state index is 12.2. The van der Waals surface area contributed by atoms with E-state index >= 15 is 0 Å². The van der Waals surface area contributed by atoms with Crippen molar-refractivity contribution < 1.29 is 4.79 Å². The van der Waals surface area contributed by atoms with Gasteiger partial charge in [-0.05, 0) is 49.2 Å². The van der Waals surface area contributed by atoms with Crippen LogP contribution in [0.2, 0.25) is 5.02 Å². The highest BCUT2D eigenvalue weighted by atomic mass is 35.5. The number of nitrogens with zero attached hydrogens (tertiary/aromatic N) is 2. The van der Waals surface area contributed by atoms with Crippen LogP contribution in [0.5, 0.6) is 0 Å². The predicted octanol–water partition coefficient (Wildman–Crippen LogP) is 3.94. The summed E-state index contributed by atoms with van der Waals surface area (Å²) >= 11 is 5.85. The Morgan fingerprint density at radius 2 is 1.74 bits per heavy atom. The van der Waals surface area contributed by atoms with Crippen molar-refractivity contribution in [2.75, 3.05) is 5.32 Å². The lowest BCUT2D eigenvalue weighted by molar-refractivity contribution is 0.0921. The number of anilines is 2. The summed E-state index contributed by atoms with van der Waals surface area (Å²) in [5.41, 5.74) is 1.21. The molecular weight excluding hydrogens is 312 g/mol. The number of halogens is 1. The van der Waals surface area contributed by atoms with Gasteiger partial charge in [-0.3, -0.25) is 4.79 Å². The Hall–Kier alpha value is -2.14. The second-order valence-corrected chi connectivity index (χ2v) is 6.18. The maximum Gasteiger partial charge on any atom is 0.272 e. The minimum absolute atomic E-state index is 0.151. The van der Waals surface area contributed by atoms with Crippen LogP contribution in [0.3, 0.4) is 0 Å². The molecule has 1 amide bonds. The van der Waals surface area contributed by atoms with Gasteiger partial charge in [0, 0.05) is 16.8 Å². The summed E-state index contributed by atoms with van der Waals surface area (Å²) in [5.74, 6) is 0.434. The smallest absolute Gasteiger partial charge is 0.272 e. The van der Waals surface area contributed by atoms with Crippen LogP contribution < -0.4 is 10.6 Å². The molecule has 1 aliphatic carbocycles. The van der Waals surface area contributed by atoms with Crippen LogP contribution in [0.4, 0.5) is 11.5 Å². The van der Waals surface area contributed by atoms with Gasteiger partial charge < -0.3 is 10.6 Å². The van der Waals surface area contributed by atoms with Gasteiger partial charge in [0.15, 0.2) is 11.5 Å². The first-order valence-corrected chi connectivity index (χ1v) is 8.26. The average Bonchev–Trinajstić information content (AvgIpc) is 2.58. The van der Waals surface area contributed by atoms with E-state index in [1.807, 2.05) is 12.1 Å². The fourth-order valence-electron chi connectivity index (χ4n) is 2.71. The van der Waals surface area contributed by atoms with Gasteiger partial charge in [-0.1, -0.05) is 30.9 Å². The fourth-order valence-corrected chi connectivity index (χ4v) is 2.83. The van der Waals surface area contributed by atoms with E-state index in [4.69, 9.17) is 11.6 Å². The molecule has 6 heteroatoms. The molecule has 0 radical (unpaired) electrons. The summed E-state index contributed by atoms with van der Waals surface area (Å²) in [6, 6.07) is 11.0. The molecule has 120 valence electrons. The molecule has 0 bridgehead atoms. The minimum atomic E-state index is -0.151. The molecule has 1 saturated carbocycles. The normalized spacial score (nSPS) is 15.2. The molecule has 5 nitrogen and oxygen atoms in total. The van der Waals surface area contributed by atoms with Gasteiger partial charge in [0.2, 0.25) is 0 Å². The molecule has 1 aromatic carbocycles. The fraction of sp³-hybridized carbons (Fsp3) is 0.353. The number of carbonyl (C=O) groups excluding carboxylic acids is 1. The van der Waals surface area contributed by atoms with Crippen molar-refractivity contribution in [2.24, 2.45) is 0 Å². The van der Waals surface area contributed by atoms with Crippen LogP contribution in [-0.2, 0) is 0 Å². The molecular formula is C17H19ClN4O.